The van der Waals surface area contributed by atoms with Crippen LogP contribution < -0.4 is 10.2 Å². The molecule has 0 radical (unpaired) electrons. The molecule has 0 aromatic rings. The lowest BCUT2D eigenvalue weighted by molar-refractivity contribution is -0.870. The molecular weight excluding hydrogens is 912 g/mol. The van der Waals surface area contributed by atoms with Crippen LogP contribution >= 0.6 is 7.82 Å². The van der Waals surface area contributed by atoms with Crippen LogP contribution in [0.3, 0.4) is 0 Å². The molecule has 0 aromatic carbocycles. The van der Waals surface area contributed by atoms with Gasteiger partial charge in [-0.3, -0.25) is 9.36 Å². The number of carbonyl (C=O) groups is 1. The number of nitrogens with zero attached hydrogens (tertiary/aromatic N) is 1. The van der Waals surface area contributed by atoms with Gasteiger partial charge in [-0.2, -0.15) is 0 Å². The van der Waals surface area contributed by atoms with Crippen molar-refractivity contribution in [2.45, 2.75) is 309 Å². The van der Waals surface area contributed by atoms with Crippen molar-refractivity contribution in [3.8, 4) is 0 Å². The Hall–Kier alpha value is -1.54. The third-order valence-electron chi connectivity index (χ3n) is 14.0. The molecule has 72 heavy (non-hydrogen) atoms. The maximum atomic E-state index is 12.9. The minimum absolute atomic E-state index is 0.00620. The number of amides is 1. The van der Waals surface area contributed by atoms with Crippen molar-refractivity contribution in [1.29, 1.82) is 0 Å². The van der Waals surface area contributed by atoms with Crippen molar-refractivity contribution >= 4 is 13.7 Å². The number of rotatable bonds is 57. The summed E-state index contributed by atoms with van der Waals surface area (Å²) in [6, 6.07) is -0.903. The number of quaternary nitrogens is 1. The third kappa shape index (κ3) is 56.2. The molecule has 3 atom stereocenters. The summed E-state index contributed by atoms with van der Waals surface area (Å²) in [5.74, 6) is -0.205. The highest BCUT2D eigenvalue weighted by atomic mass is 31.2. The Morgan fingerprint density at radius 3 is 1.21 bits per heavy atom. The molecule has 3 unspecified atom stereocenters. The molecule has 0 spiro atoms. The molecule has 0 aliphatic carbocycles. The van der Waals surface area contributed by atoms with Crippen LogP contribution in [0.25, 0.3) is 0 Å². The number of carbonyl (C=O) groups excluding carboxylic acids is 1. The maximum absolute atomic E-state index is 12.9. The second-order valence-electron chi connectivity index (χ2n) is 22.4. The van der Waals surface area contributed by atoms with E-state index >= 15 is 0 Å². The Morgan fingerprint density at radius 1 is 0.486 bits per heavy atom. The van der Waals surface area contributed by atoms with Crippen LogP contribution in [-0.2, 0) is 18.4 Å². The van der Waals surface area contributed by atoms with Crippen LogP contribution in [0.15, 0.2) is 48.6 Å². The van der Waals surface area contributed by atoms with Crippen LogP contribution in [-0.4, -0.2) is 68.5 Å². The quantitative estimate of drug-likeness (QED) is 0.0272. The number of phosphoric ester groups is 1. The van der Waals surface area contributed by atoms with Gasteiger partial charge in [0.2, 0.25) is 5.91 Å². The predicted molar refractivity (Wildman–Crippen MR) is 311 cm³/mol. The standard InChI is InChI=1S/C63H121N2O6P/c1-6-8-10-12-14-16-18-20-21-22-23-24-25-26-27-28-29-30-31-32-33-34-35-36-37-38-39-40-41-42-43-45-47-49-51-53-55-57-63(67)64-61(60-71-72(68,69)70-59-58-65(3,4)5)62(66)56-54-52-50-48-46-44-19-17-15-13-11-9-7-2/h27-28,30-31,46,48,54,56,61-62,66H,6-26,29,32-45,47,49-53,55,57-60H2,1-5H3,(H-,64,67,68,69)/b28-27-,31-30-,48-46+,56-54+. The molecule has 0 saturated carbocycles. The zero-order valence-electron chi connectivity index (χ0n) is 48.4. The number of allylic oxidation sites excluding steroid dienone is 7. The number of aliphatic hydroxyl groups excluding tert-OH is 1. The molecular formula is C63H121N2O6P. The number of hydrogen-bond donors (Lipinski definition) is 2. The van der Waals surface area contributed by atoms with E-state index in [4.69, 9.17) is 9.05 Å². The molecule has 0 bridgehead atoms. The molecule has 424 valence electrons. The Morgan fingerprint density at radius 2 is 0.819 bits per heavy atom. The summed E-state index contributed by atoms with van der Waals surface area (Å²) in [6.07, 6.45) is 72.3. The average Bonchev–Trinajstić information content (AvgIpc) is 3.34. The van der Waals surface area contributed by atoms with Gasteiger partial charge in [-0.1, -0.05) is 274 Å². The summed E-state index contributed by atoms with van der Waals surface area (Å²) < 4.78 is 23.3. The molecule has 0 rings (SSSR count). The van der Waals surface area contributed by atoms with E-state index in [1.165, 1.54) is 231 Å². The zero-order chi connectivity index (χ0) is 52.7. The molecule has 0 saturated heterocycles. The van der Waals surface area contributed by atoms with Crippen molar-refractivity contribution < 1.29 is 32.9 Å². The molecule has 0 aliphatic heterocycles. The summed E-state index contributed by atoms with van der Waals surface area (Å²) in [5.41, 5.74) is 0. The van der Waals surface area contributed by atoms with Gasteiger partial charge >= 0.3 is 0 Å². The summed E-state index contributed by atoms with van der Waals surface area (Å²) in [6.45, 7) is 4.64. The smallest absolute Gasteiger partial charge is 0.268 e. The third-order valence-corrected chi connectivity index (χ3v) is 15.0. The summed E-state index contributed by atoms with van der Waals surface area (Å²) in [7, 11) is 1.25. The van der Waals surface area contributed by atoms with E-state index in [-0.39, 0.29) is 12.5 Å². The Kier molecular flexibility index (Phi) is 53.1. The summed E-state index contributed by atoms with van der Waals surface area (Å²) in [4.78, 5) is 25.4. The lowest BCUT2D eigenvalue weighted by Gasteiger charge is -2.29. The summed E-state index contributed by atoms with van der Waals surface area (Å²) >= 11 is 0. The molecule has 2 N–H and O–H groups in total. The monoisotopic (exact) mass is 1030 g/mol. The van der Waals surface area contributed by atoms with Crippen LogP contribution in [0.4, 0.5) is 0 Å². The highest BCUT2D eigenvalue weighted by Gasteiger charge is 2.23. The molecule has 8 nitrogen and oxygen atoms in total. The molecule has 0 fully saturated rings. The van der Waals surface area contributed by atoms with Crippen LogP contribution in [0.2, 0.25) is 0 Å². The van der Waals surface area contributed by atoms with E-state index in [2.05, 4.69) is 55.6 Å². The van der Waals surface area contributed by atoms with Crippen LogP contribution in [0.1, 0.15) is 296 Å². The fraction of sp³-hybridized carbons (Fsp3) is 0.857. The minimum Gasteiger partial charge on any atom is -0.756 e. The molecule has 0 heterocycles. The normalized spacial score (nSPS) is 14.2. The van der Waals surface area contributed by atoms with E-state index in [1.807, 2.05) is 27.2 Å². The van der Waals surface area contributed by atoms with Gasteiger partial charge in [-0.15, -0.1) is 0 Å². The predicted octanol–water partition coefficient (Wildman–Crippen LogP) is 18.5. The van der Waals surface area contributed by atoms with E-state index in [1.54, 1.807) is 6.08 Å². The van der Waals surface area contributed by atoms with Crippen LogP contribution in [0.5, 0.6) is 0 Å². The average molecular weight is 1030 g/mol. The van der Waals surface area contributed by atoms with Gasteiger partial charge in [0.05, 0.1) is 39.9 Å². The Labute approximate surface area is 448 Å². The highest BCUT2D eigenvalue weighted by molar-refractivity contribution is 7.45. The fourth-order valence-corrected chi connectivity index (χ4v) is 9.87. The first-order valence-electron chi connectivity index (χ1n) is 31.0. The van der Waals surface area contributed by atoms with Crippen molar-refractivity contribution in [3.05, 3.63) is 48.6 Å². The van der Waals surface area contributed by atoms with Gasteiger partial charge < -0.3 is 28.8 Å². The largest absolute Gasteiger partial charge is 0.756 e. The SMILES string of the molecule is CCCCCCCCC/C=C/CC/C=C/C(O)C(COP(=O)([O-])OCC[N+](C)(C)C)NC(=O)CCCCCCCCCCCCCCCCCCC/C=C\C/C=C\CCCCCCCCCCCCCCC. The van der Waals surface area contributed by atoms with Crippen molar-refractivity contribution in [3.63, 3.8) is 0 Å². The lowest BCUT2D eigenvalue weighted by Crippen LogP contribution is -2.45. The van der Waals surface area contributed by atoms with Gasteiger partial charge in [-0.05, 0) is 64.2 Å². The minimum atomic E-state index is -4.60. The second kappa shape index (κ2) is 54.3. The Balaban J connectivity index is 3.95. The van der Waals surface area contributed by atoms with Crippen molar-refractivity contribution in [1.82, 2.24) is 5.32 Å². The highest BCUT2D eigenvalue weighted by Crippen LogP contribution is 2.38. The van der Waals surface area contributed by atoms with Crippen molar-refractivity contribution in [2.24, 2.45) is 0 Å². The van der Waals surface area contributed by atoms with Crippen LogP contribution in [0, 0.1) is 0 Å². The first-order valence-corrected chi connectivity index (χ1v) is 32.5. The number of aliphatic hydroxyl groups is 1. The Bertz CT molecular complexity index is 1310. The van der Waals surface area contributed by atoms with E-state index in [0.717, 1.165) is 44.9 Å². The lowest BCUT2D eigenvalue weighted by atomic mass is 10.0. The maximum Gasteiger partial charge on any atom is 0.268 e. The van der Waals surface area contributed by atoms with Gasteiger partial charge in [0.15, 0.2) is 0 Å². The van der Waals surface area contributed by atoms with Gasteiger partial charge in [-0.25, -0.2) is 0 Å². The second-order valence-corrected chi connectivity index (χ2v) is 23.8. The number of phosphoric acid groups is 1. The zero-order valence-corrected chi connectivity index (χ0v) is 49.3. The van der Waals surface area contributed by atoms with E-state index in [9.17, 15) is 19.4 Å². The number of unbranched alkanes of at least 4 members (excludes halogenated alkanes) is 38. The van der Waals surface area contributed by atoms with Gasteiger partial charge in [0.25, 0.3) is 7.82 Å². The first-order chi connectivity index (χ1) is 35.0. The van der Waals surface area contributed by atoms with Gasteiger partial charge in [0.1, 0.15) is 13.2 Å². The molecule has 9 heteroatoms. The first kappa shape index (κ1) is 70.5. The molecule has 1 amide bonds. The van der Waals surface area contributed by atoms with E-state index < -0.39 is 26.6 Å². The summed E-state index contributed by atoms with van der Waals surface area (Å²) in [5, 5.41) is 13.8. The molecule has 0 aliphatic rings. The number of hydrogen-bond acceptors (Lipinski definition) is 6. The van der Waals surface area contributed by atoms with E-state index in [0.29, 0.717) is 17.4 Å². The fourth-order valence-electron chi connectivity index (χ4n) is 9.14. The topological polar surface area (TPSA) is 108 Å². The number of likely N-dealkylation sites (N-methyl/N-ethyl adjacent to an activating group) is 1. The number of nitrogens with one attached hydrogen (secondary N) is 1. The van der Waals surface area contributed by atoms with Crippen molar-refractivity contribution in [2.75, 3.05) is 40.9 Å². The van der Waals surface area contributed by atoms with Gasteiger partial charge in [0, 0.05) is 6.42 Å². The molecule has 0 aromatic heterocycles.